The van der Waals surface area contributed by atoms with E-state index in [1.807, 2.05) is 0 Å². The second kappa shape index (κ2) is 9.57. The molecular weight excluding hydrogens is 342 g/mol. The van der Waals surface area contributed by atoms with Crippen LogP contribution < -0.4 is 0 Å². The number of rotatable bonds is 9. The van der Waals surface area contributed by atoms with Crippen LogP contribution in [0.4, 0.5) is 0 Å². The number of hydrogen-bond acceptors (Lipinski definition) is 5. The number of carbonyl (C=O) groups excluding carboxylic acids is 2. The first-order valence-corrected chi connectivity index (χ1v) is 7.57. The van der Waals surface area contributed by atoms with Gasteiger partial charge in [0, 0.05) is 26.8 Å². The average molecular weight is 362 g/mol. The van der Waals surface area contributed by atoms with E-state index in [1.54, 1.807) is 31.1 Å². The molecule has 0 aliphatic heterocycles. The molecule has 0 aromatic carbocycles. The van der Waals surface area contributed by atoms with E-state index in [1.165, 1.54) is 0 Å². The summed E-state index contributed by atoms with van der Waals surface area (Å²) in [7, 11) is 1.61. The molecule has 1 rings (SSSR count). The van der Waals surface area contributed by atoms with Gasteiger partial charge in [0.25, 0.3) is 5.91 Å². The van der Waals surface area contributed by atoms with Crippen molar-refractivity contribution in [3.8, 4) is 0 Å². The molecule has 118 valence electrons. The number of ether oxygens (including phenoxy) is 2. The van der Waals surface area contributed by atoms with Crippen LogP contribution in [0.25, 0.3) is 0 Å². The summed E-state index contributed by atoms with van der Waals surface area (Å²) in [6, 6.07) is 3.26. The van der Waals surface area contributed by atoms with Crippen molar-refractivity contribution < 1.29 is 23.5 Å². The molecule has 0 aliphatic carbocycles. The van der Waals surface area contributed by atoms with Gasteiger partial charge in [0.15, 0.2) is 10.4 Å². The Balaban J connectivity index is 2.62. The minimum Gasteiger partial charge on any atom is -0.466 e. The molecule has 0 spiro atoms. The fraction of sp³-hybridized carbons (Fsp3) is 0.571. The molecule has 0 saturated heterocycles. The molecule has 0 bridgehead atoms. The van der Waals surface area contributed by atoms with E-state index in [9.17, 15) is 9.59 Å². The van der Waals surface area contributed by atoms with Gasteiger partial charge in [-0.2, -0.15) is 0 Å². The zero-order valence-corrected chi connectivity index (χ0v) is 13.8. The standard InChI is InChI=1S/C14H20BrNO5/c1-3-20-13(17)7-9-16(8-4-10-19-2)14(18)11-5-6-12(15)21-11/h5-6H,3-4,7-10H2,1-2H3. The SMILES string of the molecule is CCOC(=O)CCN(CCCOC)C(=O)c1ccc(Br)o1. The second-order valence-corrected chi connectivity index (χ2v) is 5.08. The predicted octanol–water partition coefficient (Wildman–Crippen LogP) is 2.47. The van der Waals surface area contributed by atoms with Gasteiger partial charge in [-0.1, -0.05) is 0 Å². The van der Waals surface area contributed by atoms with Crippen LogP contribution in [0.3, 0.4) is 0 Å². The van der Waals surface area contributed by atoms with E-state index >= 15 is 0 Å². The van der Waals surface area contributed by atoms with E-state index in [-0.39, 0.29) is 24.1 Å². The van der Waals surface area contributed by atoms with Gasteiger partial charge in [-0.15, -0.1) is 0 Å². The maximum absolute atomic E-state index is 12.3. The molecular formula is C14H20BrNO5. The highest BCUT2D eigenvalue weighted by Gasteiger charge is 2.20. The van der Waals surface area contributed by atoms with Crippen LogP contribution in [-0.4, -0.2) is 50.2 Å². The molecule has 7 heteroatoms. The van der Waals surface area contributed by atoms with Crippen LogP contribution in [-0.2, 0) is 14.3 Å². The molecule has 0 saturated carbocycles. The number of nitrogens with zero attached hydrogens (tertiary/aromatic N) is 1. The number of carbonyl (C=O) groups is 2. The third-order valence-corrected chi connectivity index (χ3v) is 3.17. The van der Waals surface area contributed by atoms with Crippen LogP contribution in [0.5, 0.6) is 0 Å². The Bertz CT molecular complexity index is 460. The molecule has 21 heavy (non-hydrogen) atoms. The van der Waals surface area contributed by atoms with Crippen molar-refractivity contribution in [1.82, 2.24) is 4.90 Å². The van der Waals surface area contributed by atoms with Crippen LogP contribution in [0.2, 0.25) is 0 Å². The fourth-order valence-corrected chi connectivity index (χ4v) is 2.07. The summed E-state index contributed by atoms with van der Waals surface area (Å²) < 4.78 is 15.6. The van der Waals surface area contributed by atoms with Crippen molar-refractivity contribution in [2.45, 2.75) is 19.8 Å². The summed E-state index contributed by atoms with van der Waals surface area (Å²) in [5, 5.41) is 0. The van der Waals surface area contributed by atoms with Gasteiger partial charge < -0.3 is 18.8 Å². The topological polar surface area (TPSA) is 69.0 Å². The van der Waals surface area contributed by atoms with Gasteiger partial charge in [0.05, 0.1) is 13.0 Å². The van der Waals surface area contributed by atoms with Gasteiger partial charge >= 0.3 is 5.97 Å². The maximum Gasteiger partial charge on any atom is 0.307 e. The largest absolute Gasteiger partial charge is 0.466 e. The van der Waals surface area contributed by atoms with Gasteiger partial charge in [-0.25, -0.2) is 0 Å². The van der Waals surface area contributed by atoms with Crippen molar-refractivity contribution in [1.29, 1.82) is 0 Å². The first-order valence-electron chi connectivity index (χ1n) is 6.77. The number of furan rings is 1. The van der Waals surface area contributed by atoms with Crippen LogP contribution in [0, 0.1) is 0 Å². The third kappa shape index (κ3) is 6.31. The van der Waals surface area contributed by atoms with Crippen molar-refractivity contribution in [2.75, 3.05) is 33.4 Å². The molecule has 0 atom stereocenters. The van der Waals surface area contributed by atoms with E-state index in [2.05, 4.69) is 15.9 Å². The summed E-state index contributed by atoms with van der Waals surface area (Å²) in [4.78, 5) is 25.3. The molecule has 0 radical (unpaired) electrons. The highest BCUT2D eigenvalue weighted by Crippen LogP contribution is 2.16. The summed E-state index contributed by atoms with van der Waals surface area (Å²) in [5.74, 6) is -0.327. The predicted molar refractivity (Wildman–Crippen MR) is 80.1 cm³/mol. The lowest BCUT2D eigenvalue weighted by molar-refractivity contribution is -0.143. The summed E-state index contributed by atoms with van der Waals surface area (Å²) >= 11 is 3.16. The summed E-state index contributed by atoms with van der Waals surface area (Å²) in [6.07, 6.45) is 0.849. The Hall–Kier alpha value is -1.34. The Labute approximate surface area is 132 Å². The monoisotopic (exact) mass is 361 g/mol. The molecule has 0 fully saturated rings. The van der Waals surface area contributed by atoms with E-state index in [4.69, 9.17) is 13.9 Å². The molecule has 1 aromatic rings. The molecule has 0 N–H and O–H groups in total. The zero-order chi connectivity index (χ0) is 15.7. The number of halogens is 1. The molecule has 0 unspecified atom stereocenters. The van der Waals surface area contributed by atoms with Gasteiger partial charge in [0.2, 0.25) is 0 Å². The zero-order valence-electron chi connectivity index (χ0n) is 12.3. The highest BCUT2D eigenvalue weighted by atomic mass is 79.9. The minimum atomic E-state index is -0.317. The van der Waals surface area contributed by atoms with Gasteiger partial charge in [-0.05, 0) is 41.4 Å². The number of esters is 1. The Morgan fingerprint density at radius 1 is 1.33 bits per heavy atom. The van der Waals surface area contributed by atoms with Crippen molar-refractivity contribution in [2.24, 2.45) is 0 Å². The van der Waals surface area contributed by atoms with Crippen molar-refractivity contribution in [3.63, 3.8) is 0 Å². The van der Waals surface area contributed by atoms with Crippen LogP contribution in [0.15, 0.2) is 21.2 Å². The normalized spacial score (nSPS) is 10.4. The maximum atomic E-state index is 12.3. The lowest BCUT2D eigenvalue weighted by Crippen LogP contribution is -2.34. The molecule has 1 heterocycles. The Morgan fingerprint density at radius 3 is 2.67 bits per heavy atom. The minimum absolute atomic E-state index is 0.161. The lowest BCUT2D eigenvalue weighted by Gasteiger charge is -2.21. The summed E-state index contributed by atoms with van der Waals surface area (Å²) in [6.45, 7) is 3.41. The van der Waals surface area contributed by atoms with E-state index in [0.29, 0.717) is 37.4 Å². The van der Waals surface area contributed by atoms with E-state index < -0.39 is 0 Å². The lowest BCUT2D eigenvalue weighted by atomic mass is 10.3. The first kappa shape index (κ1) is 17.7. The molecule has 1 aromatic heterocycles. The smallest absolute Gasteiger partial charge is 0.307 e. The Morgan fingerprint density at radius 2 is 2.10 bits per heavy atom. The highest BCUT2D eigenvalue weighted by molar-refractivity contribution is 9.10. The second-order valence-electron chi connectivity index (χ2n) is 4.30. The number of methoxy groups -OCH3 is 1. The third-order valence-electron chi connectivity index (χ3n) is 2.74. The number of amides is 1. The summed E-state index contributed by atoms with van der Waals surface area (Å²) in [5.41, 5.74) is 0. The molecule has 1 amide bonds. The van der Waals surface area contributed by atoms with Crippen LogP contribution >= 0.6 is 15.9 Å². The van der Waals surface area contributed by atoms with Gasteiger partial charge in [0.1, 0.15) is 0 Å². The average Bonchev–Trinajstić information content (AvgIpc) is 2.89. The molecule has 0 aliphatic rings. The molecule has 6 nitrogen and oxygen atoms in total. The Kier molecular flexibility index (Phi) is 8.07. The van der Waals surface area contributed by atoms with E-state index in [0.717, 1.165) is 0 Å². The fourth-order valence-electron chi connectivity index (χ4n) is 1.76. The van der Waals surface area contributed by atoms with Crippen molar-refractivity contribution in [3.05, 3.63) is 22.6 Å². The van der Waals surface area contributed by atoms with Gasteiger partial charge in [-0.3, -0.25) is 9.59 Å². The quantitative estimate of drug-likeness (QED) is 0.499. The number of hydrogen-bond donors (Lipinski definition) is 0. The first-order chi connectivity index (χ1) is 10.1. The van der Waals surface area contributed by atoms with Crippen LogP contribution in [0.1, 0.15) is 30.3 Å². The van der Waals surface area contributed by atoms with Crippen molar-refractivity contribution >= 4 is 27.8 Å².